The fourth-order valence-corrected chi connectivity index (χ4v) is 4.14. The molecule has 2 nitrogen and oxygen atoms in total. The topological polar surface area (TPSA) is 21.3 Å². The standard InChI is InChI=1S/C14H29NOS/c1-5-15-13-7-6-12(11(2)3)10-14(13)17-9-8-16-4/h11-15H,5-10H2,1-4H3. The van der Waals surface area contributed by atoms with Crippen molar-refractivity contribution in [3.8, 4) is 0 Å². The largest absolute Gasteiger partial charge is 0.384 e. The first-order valence-corrected chi connectivity index (χ1v) is 8.07. The maximum Gasteiger partial charge on any atom is 0.0553 e. The summed E-state index contributed by atoms with van der Waals surface area (Å²) in [5.74, 6) is 2.89. The first-order chi connectivity index (χ1) is 8.19. The molecule has 1 aliphatic carbocycles. The highest BCUT2D eigenvalue weighted by molar-refractivity contribution is 8.00. The number of methoxy groups -OCH3 is 1. The first kappa shape index (κ1) is 15.3. The van der Waals surface area contributed by atoms with Crippen LogP contribution < -0.4 is 5.32 Å². The highest BCUT2D eigenvalue weighted by atomic mass is 32.2. The molecule has 0 aromatic carbocycles. The molecule has 0 spiro atoms. The Morgan fingerprint density at radius 1 is 1.35 bits per heavy atom. The van der Waals surface area contributed by atoms with Crippen LogP contribution in [0.4, 0.5) is 0 Å². The van der Waals surface area contributed by atoms with Gasteiger partial charge >= 0.3 is 0 Å². The van der Waals surface area contributed by atoms with Gasteiger partial charge in [0.1, 0.15) is 0 Å². The van der Waals surface area contributed by atoms with E-state index in [0.29, 0.717) is 0 Å². The summed E-state index contributed by atoms with van der Waals surface area (Å²) in [7, 11) is 1.79. The second kappa shape index (κ2) is 8.39. The lowest BCUT2D eigenvalue weighted by Gasteiger charge is -2.38. The van der Waals surface area contributed by atoms with Crippen molar-refractivity contribution in [3.63, 3.8) is 0 Å². The summed E-state index contributed by atoms with van der Waals surface area (Å²) in [5.41, 5.74) is 0. The Balaban J connectivity index is 2.43. The lowest BCUT2D eigenvalue weighted by molar-refractivity contribution is 0.217. The van der Waals surface area contributed by atoms with Crippen LogP contribution >= 0.6 is 11.8 Å². The predicted molar refractivity (Wildman–Crippen MR) is 77.8 cm³/mol. The molecule has 3 unspecified atom stereocenters. The zero-order valence-corrected chi connectivity index (χ0v) is 12.7. The molecular formula is C14H29NOS. The molecule has 0 amide bonds. The second-order valence-electron chi connectivity index (χ2n) is 5.38. The zero-order valence-electron chi connectivity index (χ0n) is 11.9. The molecule has 3 heteroatoms. The van der Waals surface area contributed by atoms with E-state index in [1.165, 1.54) is 19.3 Å². The van der Waals surface area contributed by atoms with E-state index in [-0.39, 0.29) is 0 Å². The van der Waals surface area contributed by atoms with Gasteiger partial charge in [-0.2, -0.15) is 11.8 Å². The van der Waals surface area contributed by atoms with E-state index in [1.54, 1.807) is 7.11 Å². The molecule has 0 radical (unpaired) electrons. The number of nitrogens with one attached hydrogen (secondary N) is 1. The molecule has 1 N–H and O–H groups in total. The molecule has 0 saturated heterocycles. The summed E-state index contributed by atoms with van der Waals surface area (Å²) >= 11 is 2.10. The molecule has 102 valence electrons. The van der Waals surface area contributed by atoms with E-state index in [4.69, 9.17) is 4.74 Å². The highest BCUT2D eigenvalue weighted by Gasteiger charge is 2.31. The zero-order chi connectivity index (χ0) is 12.7. The smallest absolute Gasteiger partial charge is 0.0553 e. The van der Waals surface area contributed by atoms with Crippen LogP contribution in [0, 0.1) is 11.8 Å². The average molecular weight is 259 g/mol. The Hall–Kier alpha value is 0.270. The van der Waals surface area contributed by atoms with Crippen molar-refractivity contribution in [2.24, 2.45) is 11.8 Å². The van der Waals surface area contributed by atoms with Gasteiger partial charge < -0.3 is 10.1 Å². The van der Waals surface area contributed by atoms with Gasteiger partial charge in [-0.3, -0.25) is 0 Å². The van der Waals surface area contributed by atoms with Crippen molar-refractivity contribution in [1.82, 2.24) is 5.32 Å². The Morgan fingerprint density at radius 2 is 2.12 bits per heavy atom. The monoisotopic (exact) mass is 259 g/mol. The van der Waals surface area contributed by atoms with E-state index in [0.717, 1.165) is 42.0 Å². The second-order valence-corrected chi connectivity index (χ2v) is 6.73. The molecule has 1 saturated carbocycles. The Kier molecular flexibility index (Phi) is 7.56. The van der Waals surface area contributed by atoms with Crippen LogP contribution in [0.5, 0.6) is 0 Å². The van der Waals surface area contributed by atoms with Gasteiger partial charge in [0.15, 0.2) is 0 Å². The number of thioether (sulfide) groups is 1. The van der Waals surface area contributed by atoms with Gasteiger partial charge in [-0.15, -0.1) is 0 Å². The lowest BCUT2D eigenvalue weighted by Crippen LogP contribution is -2.43. The SMILES string of the molecule is CCNC1CCC(C(C)C)CC1SCCOC. The number of hydrogen-bond donors (Lipinski definition) is 1. The molecule has 3 atom stereocenters. The Bertz CT molecular complexity index is 199. The summed E-state index contributed by atoms with van der Waals surface area (Å²) in [6, 6.07) is 0.719. The van der Waals surface area contributed by atoms with Crippen molar-refractivity contribution in [2.45, 2.75) is 51.3 Å². The lowest BCUT2D eigenvalue weighted by atomic mass is 9.79. The number of ether oxygens (including phenoxy) is 1. The summed E-state index contributed by atoms with van der Waals surface area (Å²) in [5, 5.41) is 4.44. The molecular weight excluding hydrogens is 230 g/mol. The average Bonchev–Trinajstić information content (AvgIpc) is 2.31. The van der Waals surface area contributed by atoms with Crippen molar-refractivity contribution in [2.75, 3.05) is 26.0 Å². The van der Waals surface area contributed by atoms with Gasteiger partial charge in [-0.25, -0.2) is 0 Å². The first-order valence-electron chi connectivity index (χ1n) is 7.02. The number of hydrogen-bond acceptors (Lipinski definition) is 3. The molecule has 0 aromatic heterocycles. The molecule has 0 heterocycles. The summed E-state index contributed by atoms with van der Waals surface area (Å²) in [6.07, 6.45) is 4.13. The fourth-order valence-electron chi connectivity index (χ4n) is 2.73. The minimum Gasteiger partial charge on any atom is -0.384 e. The van der Waals surface area contributed by atoms with E-state index in [9.17, 15) is 0 Å². The molecule has 1 aliphatic rings. The minimum atomic E-state index is 0.719. The van der Waals surface area contributed by atoms with Gasteiger partial charge in [0.05, 0.1) is 6.61 Å². The predicted octanol–water partition coefficient (Wildman–Crippen LogP) is 3.17. The summed E-state index contributed by atoms with van der Waals surface area (Å²) < 4.78 is 5.16. The minimum absolute atomic E-state index is 0.719. The fraction of sp³-hybridized carbons (Fsp3) is 1.00. The van der Waals surface area contributed by atoms with Crippen LogP contribution in [-0.2, 0) is 4.74 Å². The molecule has 0 aliphatic heterocycles. The maximum atomic E-state index is 5.16. The summed E-state index contributed by atoms with van der Waals surface area (Å²) in [4.78, 5) is 0. The van der Waals surface area contributed by atoms with Gasteiger partial charge in [-0.1, -0.05) is 20.8 Å². The van der Waals surface area contributed by atoms with Crippen molar-refractivity contribution >= 4 is 11.8 Å². The van der Waals surface area contributed by atoms with Crippen molar-refractivity contribution < 1.29 is 4.74 Å². The van der Waals surface area contributed by atoms with E-state index >= 15 is 0 Å². The third-order valence-electron chi connectivity index (χ3n) is 3.86. The van der Waals surface area contributed by atoms with Gasteiger partial charge in [0.2, 0.25) is 0 Å². The van der Waals surface area contributed by atoms with Crippen molar-refractivity contribution in [1.29, 1.82) is 0 Å². The van der Waals surface area contributed by atoms with Crippen LogP contribution in [0.15, 0.2) is 0 Å². The van der Waals surface area contributed by atoms with Crippen LogP contribution in [-0.4, -0.2) is 37.3 Å². The van der Waals surface area contributed by atoms with Crippen LogP contribution in [0.25, 0.3) is 0 Å². The Labute approximate surface area is 111 Å². The van der Waals surface area contributed by atoms with E-state index < -0.39 is 0 Å². The van der Waals surface area contributed by atoms with Crippen LogP contribution in [0.1, 0.15) is 40.0 Å². The number of rotatable bonds is 7. The third kappa shape index (κ3) is 5.19. The van der Waals surface area contributed by atoms with Crippen LogP contribution in [0.3, 0.4) is 0 Å². The highest BCUT2D eigenvalue weighted by Crippen LogP contribution is 2.36. The van der Waals surface area contributed by atoms with Crippen LogP contribution in [0.2, 0.25) is 0 Å². The quantitative estimate of drug-likeness (QED) is 0.710. The molecule has 0 bridgehead atoms. The van der Waals surface area contributed by atoms with E-state index in [1.807, 2.05) is 0 Å². The maximum absolute atomic E-state index is 5.16. The third-order valence-corrected chi connectivity index (χ3v) is 5.21. The molecule has 1 fully saturated rings. The normalized spacial score (nSPS) is 29.8. The molecule has 1 rings (SSSR count). The Morgan fingerprint density at radius 3 is 2.71 bits per heavy atom. The van der Waals surface area contributed by atoms with Gasteiger partial charge in [0, 0.05) is 24.2 Å². The summed E-state index contributed by atoms with van der Waals surface area (Å²) in [6.45, 7) is 8.93. The molecule has 0 aromatic rings. The van der Waals surface area contributed by atoms with E-state index in [2.05, 4.69) is 37.8 Å². The molecule has 17 heavy (non-hydrogen) atoms. The van der Waals surface area contributed by atoms with Gasteiger partial charge in [-0.05, 0) is 37.6 Å². The van der Waals surface area contributed by atoms with Gasteiger partial charge in [0.25, 0.3) is 0 Å². The van der Waals surface area contributed by atoms with Crippen molar-refractivity contribution in [3.05, 3.63) is 0 Å².